The number of aromatic amines is 1. The van der Waals surface area contributed by atoms with E-state index in [2.05, 4.69) is 39.7 Å². The Bertz CT molecular complexity index is 1150. The standard InChI is InChI=1S/C28H38N4O4/c1-28(2,3)36-27(34)30-19-21-10-8-20(9-11-21)7-6-15-32(4)16-14-29-26(33)25-17-22-12-13-23(35-5)18-24(22)31-25/h8-13,17-18,31H,6-7,14-16,19H2,1-5H3,(H,29,33)(H,30,34). The number of hydrogen-bond donors (Lipinski definition) is 3. The summed E-state index contributed by atoms with van der Waals surface area (Å²) in [6, 6.07) is 15.8. The van der Waals surface area contributed by atoms with Gasteiger partial charge >= 0.3 is 6.09 Å². The van der Waals surface area contributed by atoms with Crippen molar-refractivity contribution >= 4 is 22.9 Å². The molecule has 0 radical (unpaired) electrons. The Morgan fingerprint density at radius 2 is 1.69 bits per heavy atom. The van der Waals surface area contributed by atoms with Gasteiger partial charge in [-0.3, -0.25) is 4.79 Å². The molecule has 2 amide bonds. The van der Waals surface area contributed by atoms with E-state index in [0.717, 1.165) is 48.1 Å². The van der Waals surface area contributed by atoms with Gasteiger partial charge in [0.05, 0.1) is 7.11 Å². The molecule has 3 rings (SSSR count). The average molecular weight is 495 g/mol. The van der Waals surface area contributed by atoms with Gasteiger partial charge in [-0.25, -0.2) is 4.79 Å². The molecule has 1 heterocycles. The number of nitrogens with zero attached hydrogens (tertiary/aromatic N) is 1. The van der Waals surface area contributed by atoms with Gasteiger partial charge in [0.1, 0.15) is 17.0 Å². The van der Waals surface area contributed by atoms with Crippen LogP contribution in [-0.2, 0) is 17.7 Å². The molecule has 0 aliphatic heterocycles. The zero-order valence-electron chi connectivity index (χ0n) is 21.9. The molecule has 36 heavy (non-hydrogen) atoms. The lowest BCUT2D eigenvalue weighted by atomic mass is 10.1. The maximum atomic E-state index is 12.5. The van der Waals surface area contributed by atoms with Crippen molar-refractivity contribution in [1.29, 1.82) is 0 Å². The number of fused-ring (bicyclic) bond motifs is 1. The molecule has 0 bridgehead atoms. The summed E-state index contributed by atoms with van der Waals surface area (Å²) in [5, 5.41) is 6.74. The highest BCUT2D eigenvalue weighted by molar-refractivity contribution is 5.98. The van der Waals surface area contributed by atoms with Gasteiger partial charge in [-0.1, -0.05) is 24.3 Å². The van der Waals surface area contributed by atoms with Crippen molar-refractivity contribution in [2.24, 2.45) is 0 Å². The summed E-state index contributed by atoms with van der Waals surface area (Å²) in [6.07, 6.45) is 1.58. The number of H-pyrrole nitrogens is 1. The number of amides is 2. The first-order valence-electron chi connectivity index (χ1n) is 12.3. The van der Waals surface area contributed by atoms with Gasteiger partial charge in [-0.2, -0.15) is 0 Å². The molecule has 194 valence electrons. The highest BCUT2D eigenvalue weighted by atomic mass is 16.6. The lowest BCUT2D eigenvalue weighted by Gasteiger charge is -2.19. The third kappa shape index (κ3) is 8.61. The average Bonchev–Trinajstić information content (AvgIpc) is 3.26. The van der Waals surface area contributed by atoms with E-state index in [9.17, 15) is 9.59 Å². The van der Waals surface area contributed by atoms with Crippen LogP contribution in [0.4, 0.5) is 4.79 Å². The molecular formula is C28H38N4O4. The summed E-state index contributed by atoms with van der Waals surface area (Å²) in [5.41, 5.74) is 3.22. The maximum absolute atomic E-state index is 12.5. The smallest absolute Gasteiger partial charge is 0.407 e. The van der Waals surface area contributed by atoms with E-state index in [-0.39, 0.29) is 5.91 Å². The molecule has 1 aromatic heterocycles. The van der Waals surface area contributed by atoms with Crippen molar-refractivity contribution in [2.45, 2.75) is 45.8 Å². The van der Waals surface area contributed by atoms with Crippen molar-refractivity contribution in [3.05, 3.63) is 65.4 Å². The lowest BCUT2D eigenvalue weighted by Crippen LogP contribution is -2.33. The minimum absolute atomic E-state index is 0.111. The minimum Gasteiger partial charge on any atom is -0.497 e. The third-order valence-electron chi connectivity index (χ3n) is 5.72. The van der Waals surface area contributed by atoms with E-state index in [0.29, 0.717) is 18.8 Å². The quantitative estimate of drug-likeness (QED) is 0.365. The topological polar surface area (TPSA) is 95.7 Å². The Kier molecular flexibility index (Phi) is 9.36. The fraction of sp³-hybridized carbons (Fsp3) is 0.429. The van der Waals surface area contributed by atoms with Gasteiger partial charge in [0.25, 0.3) is 5.91 Å². The second-order valence-corrected chi connectivity index (χ2v) is 9.97. The van der Waals surface area contributed by atoms with Crippen LogP contribution in [0.25, 0.3) is 10.9 Å². The summed E-state index contributed by atoms with van der Waals surface area (Å²) < 4.78 is 10.5. The lowest BCUT2D eigenvalue weighted by molar-refractivity contribution is 0.0523. The first kappa shape index (κ1) is 27.1. The number of ether oxygens (including phenoxy) is 2. The highest BCUT2D eigenvalue weighted by Gasteiger charge is 2.15. The van der Waals surface area contributed by atoms with Crippen molar-refractivity contribution in [3.63, 3.8) is 0 Å². The van der Waals surface area contributed by atoms with Gasteiger partial charge in [-0.05, 0) is 76.5 Å². The molecular weight excluding hydrogens is 456 g/mol. The number of alkyl carbamates (subject to hydrolysis) is 1. The molecule has 0 aliphatic carbocycles. The van der Waals surface area contributed by atoms with E-state index in [1.54, 1.807) is 7.11 Å². The van der Waals surface area contributed by atoms with Crippen LogP contribution in [0, 0.1) is 0 Å². The summed E-state index contributed by atoms with van der Waals surface area (Å²) in [7, 11) is 3.69. The second kappa shape index (κ2) is 12.4. The van der Waals surface area contributed by atoms with Crippen molar-refractivity contribution in [1.82, 2.24) is 20.5 Å². The van der Waals surface area contributed by atoms with Crippen LogP contribution in [0.1, 0.15) is 48.8 Å². The molecule has 0 saturated carbocycles. The molecule has 3 aromatic rings. The molecule has 3 N–H and O–H groups in total. The molecule has 0 aliphatic rings. The van der Waals surface area contributed by atoms with Crippen LogP contribution >= 0.6 is 0 Å². The summed E-state index contributed by atoms with van der Waals surface area (Å²) in [4.78, 5) is 29.7. The number of methoxy groups -OCH3 is 1. The van der Waals surface area contributed by atoms with E-state index in [4.69, 9.17) is 9.47 Å². The molecule has 0 unspecified atom stereocenters. The monoisotopic (exact) mass is 494 g/mol. The third-order valence-corrected chi connectivity index (χ3v) is 5.72. The summed E-state index contributed by atoms with van der Waals surface area (Å²) in [5.74, 6) is 0.642. The Balaban J connectivity index is 1.33. The van der Waals surface area contributed by atoms with Crippen LogP contribution in [0.5, 0.6) is 5.75 Å². The zero-order chi connectivity index (χ0) is 26.1. The fourth-order valence-electron chi connectivity index (χ4n) is 3.79. The number of hydrogen-bond acceptors (Lipinski definition) is 5. The van der Waals surface area contributed by atoms with E-state index in [1.165, 1.54) is 5.56 Å². The summed E-state index contributed by atoms with van der Waals surface area (Å²) in [6.45, 7) is 8.26. The van der Waals surface area contributed by atoms with Crippen LogP contribution in [0.15, 0.2) is 48.5 Å². The number of nitrogens with one attached hydrogen (secondary N) is 3. The largest absolute Gasteiger partial charge is 0.497 e. The predicted octanol–water partition coefficient (Wildman–Crippen LogP) is 4.50. The molecule has 0 fully saturated rings. The minimum atomic E-state index is -0.501. The van der Waals surface area contributed by atoms with E-state index >= 15 is 0 Å². The molecule has 2 aromatic carbocycles. The molecule has 0 saturated heterocycles. The second-order valence-electron chi connectivity index (χ2n) is 9.97. The number of likely N-dealkylation sites (N-methyl/N-ethyl adjacent to an activating group) is 1. The number of benzene rings is 2. The van der Waals surface area contributed by atoms with Gasteiger partial charge < -0.3 is 30.0 Å². The number of rotatable bonds is 11. The number of aromatic nitrogens is 1. The van der Waals surface area contributed by atoms with Crippen LogP contribution in [0.2, 0.25) is 0 Å². The van der Waals surface area contributed by atoms with Gasteiger partial charge in [0.2, 0.25) is 0 Å². The first-order chi connectivity index (χ1) is 17.1. The predicted molar refractivity (Wildman–Crippen MR) is 143 cm³/mol. The van der Waals surface area contributed by atoms with Crippen LogP contribution in [0.3, 0.4) is 0 Å². The maximum Gasteiger partial charge on any atom is 0.407 e. The van der Waals surface area contributed by atoms with Crippen LogP contribution in [-0.4, -0.2) is 61.3 Å². The van der Waals surface area contributed by atoms with Crippen LogP contribution < -0.4 is 15.4 Å². The fourth-order valence-corrected chi connectivity index (χ4v) is 3.79. The van der Waals surface area contributed by atoms with Gasteiger partial charge in [0, 0.05) is 36.6 Å². The van der Waals surface area contributed by atoms with Crippen molar-refractivity contribution in [3.8, 4) is 5.75 Å². The van der Waals surface area contributed by atoms with Gasteiger partial charge in [0.15, 0.2) is 0 Å². The van der Waals surface area contributed by atoms with Gasteiger partial charge in [-0.15, -0.1) is 0 Å². The molecule has 8 heteroatoms. The van der Waals surface area contributed by atoms with Crippen molar-refractivity contribution < 1.29 is 19.1 Å². The number of carbonyl (C=O) groups is 2. The van der Waals surface area contributed by atoms with E-state index < -0.39 is 11.7 Å². The number of carbonyl (C=O) groups excluding carboxylic acids is 2. The highest BCUT2D eigenvalue weighted by Crippen LogP contribution is 2.21. The molecule has 8 nitrogen and oxygen atoms in total. The molecule has 0 atom stereocenters. The zero-order valence-corrected chi connectivity index (χ0v) is 21.9. The Morgan fingerprint density at radius 3 is 2.39 bits per heavy atom. The van der Waals surface area contributed by atoms with E-state index in [1.807, 2.05) is 57.2 Å². The number of aryl methyl sites for hydroxylation is 1. The molecule has 0 spiro atoms. The summed E-state index contributed by atoms with van der Waals surface area (Å²) >= 11 is 0. The Labute approximate surface area is 213 Å². The van der Waals surface area contributed by atoms with Crippen molar-refractivity contribution in [2.75, 3.05) is 33.8 Å². The Morgan fingerprint density at radius 1 is 0.972 bits per heavy atom. The Hall–Kier alpha value is -3.52. The SMILES string of the molecule is COc1ccc2cc(C(=O)NCCN(C)CCCc3ccc(CNC(=O)OC(C)(C)C)cc3)[nH]c2c1. The normalized spacial score (nSPS) is 11.5. The first-order valence-corrected chi connectivity index (χ1v) is 12.3.